The third-order valence-corrected chi connectivity index (χ3v) is 0. The fraction of sp³-hybridized carbons (Fsp3) is 0. The van der Waals surface area contributed by atoms with Gasteiger partial charge >= 0.3 is 37.7 Å². The molecule has 0 nitrogen and oxygen atoms in total. The van der Waals surface area contributed by atoms with E-state index >= 15 is 0 Å². The molecule has 0 rings (SSSR count). The van der Waals surface area contributed by atoms with E-state index in [-0.39, 0.29) is 123 Å². The molecule has 4 heteroatoms. The van der Waals surface area contributed by atoms with Crippen molar-refractivity contribution in [2.24, 2.45) is 0 Å². The summed E-state index contributed by atoms with van der Waals surface area (Å²) in [4.78, 5) is 0. The summed E-state index contributed by atoms with van der Waals surface area (Å²) in [5, 5.41) is 0. The normalized spacial score (nSPS) is 0. The van der Waals surface area contributed by atoms with Crippen molar-refractivity contribution in [3.05, 3.63) is 0 Å². The first-order valence-corrected chi connectivity index (χ1v) is 0. The minimum atomic E-state index is 0. The maximum absolute atomic E-state index is 0. The van der Waals surface area contributed by atoms with Gasteiger partial charge in [-0.15, -0.1) is 0 Å². The van der Waals surface area contributed by atoms with E-state index in [0.717, 1.165) is 0 Å². The third kappa shape index (κ3) is 9.42. The Labute approximate surface area is 119 Å². The Hall–Kier alpha value is 4.06. The zero-order chi connectivity index (χ0) is 0. The molecule has 0 saturated carbocycles. The molecule has 0 bridgehead atoms. The molecule has 0 spiro atoms. The number of rotatable bonds is 0. The summed E-state index contributed by atoms with van der Waals surface area (Å²) < 4.78 is 0. The predicted molar refractivity (Wildman–Crippen MR) is 8.54 cm³/mol. The van der Waals surface area contributed by atoms with Gasteiger partial charge in [0.15, 0.2) is 0 Å². The van der Waals surface area contributed by atoms with Gasteiger partial charge in [0.05, 0.1) is 0 Å². The second-order valence-electron chi connectivity index (χ2n) is 0. The molecule has 19 valence electrons. The van der Waals surface area contributed by atoms with Crippen molar-refractivity contribution in [2.45, 2.75) is 0 Å². The molecule has 0 N–H and O–H groups in total. The number of hydrogen-bond acceptors (Lipinski definition) is 0. The van der Waals surface area contributed by atoms with Crippen molar-refractivity contribution in [3.63, 3.8) is 0 Å². The van der Waals surface area contributed by atoms with Crippen LogP contribution in [-0.4, -0.2) is 37.7 Å². The summed E-state index contributed by atoms with van der Waals surface area (Å²) >= 11 is 0. The van der Waals surface area contributed by atoms with E-state index in [1.807, 2.05) is 0 Å². The van der Waals surface area contributed by atoms with Crippen LogP contribution in [0.4, 0.5) is 0 Å². The summed E-state index contributed by atoms with van der Waals surface area (Å²) in [7, 11) is 0. The Balaban J connectivity index is 0. The molecule has 0 aromatic carbocycles. The molecular weight excluding hydrogens is 457 g/mol. The fourth-order valence-corrected chi connectivity index (χ4v) is 0. The van der Waals surface area contributed by atoms with Crippen LogP contribution in [0, 0.1) is 41.7 Å². The van der Waals surface area contributed by atoms with Crippen molar-refractivity contribution in [1.82, 2.24) is 0 Å². The van der Waals surface area contributed by atoms with Crippen molar-refractivity contribution >= 4 is 37.7 Å². The van der Waals surface area contributed by atoms with Crippen LogP contribution in [0.15, 0.2) is 0 Å². The van der Waals surface area contributed by atoms with Crippen LogP contribution in [0.3, 0.4) is 0 Å². The SMILES string of the molecule is [CaH2].[Ce].[Nb].[W]. The van der Waals surface area contributed by atoms with Gasteiger partial charge in [0.25, 0.3) is 0 Å². The molecule has 0 aliphatic carbocycles. The van der Waals surface area contributed by atoms with Crippen LogP contribution in [0.2, 0.25) is 0 Å². The molecule has 0 aliphatic rings. The summed E-state index contributed by atoms with van der Waals surface area (Å²) in [5.74, 6) is 0. The predicted octanol–water partition coefficient (Wildman–Crippen LogP) is -0.921. The van der Waals surface area contributed by atoms with Crippen molar-refractivity contribution in [3.8, 4) is 0 Å². The van der Waals surface area contributed by atoms with E-state index in [4.69, 9.17) is 0 Å². The van der Waals surface area contributed by atoms with E-state index in [9.17, 15) is 0 Å². The topological polar surface area (TPSA) is 0 Å². The van der Waals surface area contributed by atoms with Gasteiger partial charge in [0.1, 0.15) is 0 Å². The largest absolute Gasteiger partial charge is 0 e. The first-order valence-electron chi connectivity index (χ1n) is 0. The average Bonchev–Trinajstić information content (AvgIpc) is 0. The summed E-state index contributed by atoms with van der Waals surface area (Å²) in [6.07, 6.45) is 0. The maximum atomic E-state index is 0. The standard InChI is InChI=1S/Ca.Ce.Nb.W.2H. The van der Waals surface area contributed by atoms with Crippen molar-refractivity contribution < 1.29 is 85.2 Å². The monoisotopic (exact) mass is 459 g/mol. The second-order valence-corrected chi connectivity index (χ2v) is 0. The zero-order valence-corrected chi connectivity index (χ0v) is 9.63. The molecular formula is H2CaCeNbW. The molecule has 0 aromatic rings. The first-order chi connectivity index (χ1) is 0. The average molecular weight is 459 g/mol. The van der Waals surface area contributed by atoms with Crippen molar-refractivity contribution in [2.75, 3.05) is 0 Å². The molecule has 4 heavy (non-hydrogen) atoms. The fourth-order valence-electron chi connectivity index (χ4n) is 0. The Morgan fingerprint density at radius 2 is 1.00 bits per heavy atom. The van der Waals surface area contributed by atoms with Gasteiger partial charge in [-0.2, -0.15) is 0 Å². The van der Waals surface area contributed by atoms with E-state index < -0.39 is 0 Å². The van der Waals surface area contributed by atoms with Gasteiger partial charge in [-0.05, 0) is 0 Å². The van der Waals surface area contributed by atoms with Crippen LogP contribution in [0.1, 0.15) is 0 Å². The third-order valence-electron chi connectivity index (χ3n) is 0. The molecule has 0 aliphatic heterocycles. The molecule has 0 fully saturated rings. The van der Waals surface area contributed by atoms with Gasteiger partial charge in [-0.25, -0.2) is 0 Å². The van der Waals surface area contributed by atoms with Gasteiger partial charge in [0.2, 0.25) is 0 Å². The minimum Gasteiger partial charge on any atom is 0 e. The molecule has 1 radical (unpaired) electrons. The van der Waals surface area contributed by atoms with E-state index in [1.54, 1.807) is 0 Å². The minimum absolute atomic E-state index is 0. The zero-order valence-electron chi connectivity index (χ0n) is 1.36. The molecule has 0 saturated heterocycles. The smallest absolute Gasteiger partial charge is 0 e. The summed E-state index contributed by atoms with van der Waals surface area (Å²) in [6.45, 7) is 0. The Kier molecular flexibility index (Phi) is 95.8. The Morgan fingerprint density at radius 3 is 1.00 bits per heavy atom. The van der Waals surface area contributed by atoms with Crippen molar-refractivity contribution in [1.29, 1.82) is 0 Å². The van der Waals surface area contributed by atoms with E-state index in [0.29, 0.717) is 0 Å². The first kappa shape index (κ1) is 24.4. The second kappa shape index (κ2) is 15.7. The maximum Gasteiger partial charge on any atom is 0 e. The quantitative estimate of drug-likeness (QED) is 0.412. The van der Waals surface area contributed by atoms with Gasteiger partial charge in [-0.3, -0.25) is 0 Å². The van der Waals surface area contributed by atoms with Gasteiger partial charge < -0.3 is 0 Å². The molecule has 0 amide bonds. The molecule has 0 unspecified atom stereocenters. The molecule has 0 atom stereocenters. The Morgan fingerprint density at radius 1 is 1.00 bits per heavy atom. The van der Waals surface area contributed by atoms with Gasteiger partial charge in [0, 0.05) is 85.2 Å². The molecule has 0 heterocycles. The summed E-state index contributed by atoms with van der Waals surface area (Å²) in [6, 6.07) is 0. The van der Waals surface area contributed by atoms with Gasteiger partial charge in [-0.1, -0.05) is 0 Å². The van der Waals surface area contributed by atoms with Crippen LogP contribution in [0.25, 0.3) is 0 Å². The summed E-state index contributed by atoms with van der Waals surface area (Å²) in [5.41, 5.74) is 0. The van der Waals surface area contributed by atoms with Crippen LogP contribution in [-0.2, 0) is 43.4 Å². The molecule has 0 aromatic heterocycles. The van der Waals surface area contributed by atoms with E-state index in [1.165, 1.54) is 0 Å². The number of hydrogen-bond donors (Lipinski definition) is 0. The Bertz CT molecular complexity index is 8.00. The van der Waals surface area contributed by atoms with Crippen LogP contribution in [0.5, 0.6) is 0 Å². The van der Waals surface area contributed by atoms with E-state index in [2.05, 4.69) is 0 Å². The van der Waals surface area contributed by atoms with Crippen LogP contribution < -0.4 is 0 Å². The van der Waals surface area contributed by atoms with Crippen LogP contribution >= 0.6 is 0 Å².